The molecule has 0 bridgehead atoms. The van der Waals surface area contributed by atoms with Gasteiger partial charge in [0.1, 0.15) is 5.01 Å². The highest BCUT2D eigenvalue weighted by molar-refractivity contribution is 7.91. The second kappa shape index (κ2) is 6.93. The number of nitrogens with one attached hydrogen (secondary N) is 1. The molecule has 0 aliphatic carbocycles. The molecule has 0 saturated carbocycles. The summed E-state index contributed by atoms with van der Waals surface area (Å²) in [5.41, 5.74) is 2.08. The molecule has 0 saturated heterocycles. The second-order valence-electron chi connectivity index (χ2n) is 4.95. The largest absolute Gasteiger partial charge is 0.481 e. The summed E-state index contributed by atoms with van der Waals surface area (Å²) in [5.74, 6) is -1.01. The van der Waals surface area contributed by atoms with E-state index in [1.165, 1.54) is 6.20 Å². The van der Waals surface area contributed by atoms with E-state index in [9.17, 15) is 13.2 Å². The van der Waals surface area contributed by atoms with E-state index in [1.807, 2.05) is 31.2 Å². The predicted molar refractivity (Wildman–Crippen MR) is 88.6 cm³/mol. The lowest BCUT2D eigenvalue weighted by atomic mass is 10.2. The van der Waals surface area contributed by atoms with Crippen molar-refractivity contribution in [3.05, 3.63) is 48.3 Å². The van der Waals surface area contributed by atoms with Crippen LogP contribution in [0.4, 0.5) is 0 Å². The van der Waals surface area contributed by atoms with E-state index in [0.29, 0.717) is 5.01 Å². The average molecular weight is 352 g/mol. The third-order valence-corrected chi connectivity index (χ3v) is 5.91. The summed E-state index contributed by atoms with van der Waals surface area (Å²) in [6.07, 6.45) is 1.14. The Bertz CT molecular complexity index is 823. The van der Waals surface area contributed by atoms with Crippen LogP contribution in [-0.4, -0.2) is 24.5 Å². The van der Waals surface area contributed by atoms with Gasteiger partial charge in [0.05, 0.1) is 12.6 Å². The molecule has 0 spiro atoms. The van der Waals surface area contributed by atoms with Crippen molar-refractivity contribution in [1.29, 1.82) is 0 Å². The Labute approximate surface area is 138 Å². The fourth-order valence-electron chi connectivity index (χ4n) is 1.76. The van der Waals surface area contributed by atoms with E-state index < -0.39 is 16.0 Å². The van der Waals surface area contributed by atoms with Crippen LogP contribution in [0.5, 0.6) is 0 Å². The molecular weight excluding hydrogens is 336 g/mol. The molecule has 2 aromatic rings. The van der Waals surface area contributed by atoms with Crippen molar-refractivity contribution in [3.63, 3.8) is 0 Å². The molecule has 1 aromatic carbocycles. The van der Waals surface area contributed by atoms with Crippen LogP contribution < -0.4 is 4.72 Å². The third kappa shape index (κ3) is 4.64. The molecule has 0 amide bonds. The first-order valence-corrected chi connectivity index (χ1v) is 9.03. The number of nitrogens with zero attached hydrogens (tertiary/aromatic N) is 1. The molecule has 1 aromatic heterocycles. The van der Waals surface area contributed by atoms with Crippen LogP contribution in [0.2, 0.25) is 0 Å². The molecule has 2 rings (SSSR count). The molecule has 0 atom stereocenters. The minimum Gasteiger partial charge on any atom is -0.481 e. The van der Waals surface area contributed by atoms with Crippen molar-refractivity contribution in [2.24, 2.45) is 0 Å². The second-order valence-corrected chi connectivity index (χ2v) is 7.89. The van der Waals surface area contributed by atoms with Crippen LogP contribution in [-0.2, 0) is 14.8 Å². The van der Waals surface area contributed by atoms with Gasteiger partial charge in [-0.15, -0.1) is 11.3 Å². The van der Waals surface area contributed by atoms with Gasteiger partial charge in [0.2, 0.25) is 0 Å². The molecular formula is C15H16N2O4S2. The lowest BCUT2D eigenvalue weighted by Gasteiger charge is -2.07. The molecule has 0 fully saturated rings. The number of aliphatic carboxylic acids is 1. The summed E-state index contributed by atoms with van der Waals surface area (Å²) in [6.45, 7) is 5.51. The minimum atomic E-state index is -3.79. The molecule has 122 valence electrons. The smallest absolute Gasteiger partial charge is 0.303 e. The fourth-order valence-corrected chi connectivity index (χ4v) is 3.99. The molecule has 2 N–H and O–H groups in total. The third-order valence-electron chi connectivity index (χ3n) is 2.97. The number of hydrogen-bond donors (Lipinski definition) is 2. The number of sulfonamides is 1. The highest BCUT2D eigenvalue weighted by Crippen LogP contribution is 2.28. The molecule has 0 unspecified atom stereocenters. The molecule has 0 aliphatic rings. The number of thiazole rings is 1. The zero-order chi connectivity index (χ0) is 17.0. The number of allylic oxidation sites excluding steroid dienone is 1. The predicted octanol–water partition coefficient (Wildman–Crippen LogP) is 2.78. The van der Waals surface area contributed by atoms with Crippen LogP contribution in [0.15, 0.2) is 46.9 Å². The number of benzene rings is 1. The van der Waals surface area contributed by atoms with Crippen molar-refractivity contribution in [2.75, 3.05) is 0 Å². The highest BCUT2D eigenvalue weighted by Gasteiger charge is 2.19. The summed E-state index contributed by atoms with van der Waals surface area (Å²) in [5, 5.41) is 9.20. The van der Waals surface area contributed by atoms with Gasteiger partial charge in [-0.05, 0) is 13.3 Å². The monoisotopic (exact) mass is 352 g/mol. The van der Waals surface area contributed by atoms with Crippen LogP contribution in [0, 0.1) is 6.92 Å². The van der Waals surface area contributed by atoms with Crippen molar-refractivity contribution in [1.82, 2.24) is 9.71 Å². The van der Waals surface area contributed by atoms with Crippen molar-refractivity contribution in [2.45, 2.75) is 24.0 Å². The first kappa shape index (κ1) is 17.2. The number of aromatic nitrogens is 1. The van der Waals surface area contributed by atoms with E-state index in [0.717, 1.165) is 22.5 Å². The number of rotatable bonds is 7. The van der Waals surface area contributed by atoms with Gasteiger partial charge in [-0.2, -0.15) is 0 Å². The highest BCUT2D eigenvalue weighted by atomic mass is 32.2. The van der Waals surface area contributed by atoms with E-state index in [1.54, 1.807) is 0 Å². The number of hydrogen-bond acceptors (Lipinski definition) is 5. The number of carbonyl (C=O) groups is 1. The van der Waals surface area contributed by atoms with Crippen molar-refractivity contribution >= 4 is 27.3 Å². The Morgan fingerprint density at radius 1 is 1.30 bits per heavy atom. The summed E-state index contributed by atoms with van der Waals surface area (Å²) in [4.78, 5) is 14.6. The van der Waals surface area contributed by atoms with Gasteiger partial charge in [0, 0.05) is 11.3 Å². The Balaban J connectivity index is 2.13. The van der Waals surface area contributed by atoms with E-state index in [-0.39, 0.29) is 22.7 Å². The maximum atomic E-state index is 12.2. The van der Waals surface area contributed by atoms with Gasteiger partial charge >= 0.3 is 5.97 Å². The van der Waals surface area contributed by atoms with Gasteiger partial charge in [0.25, 0.3) is 10.0 Å². The number of carboxylic acids is 1. The first-order valence-electron chi connectivity index (χ1n) is 6.73. The van der Waals surface area contributed by atoms with Crippen LogP contribution in [0.3, 0.4) is 0 Å². The van der Waals surface area contributed by atoms with Gasteiger partial charge in [-0.1, -0.05) is 36.4 Å². The first-order chi connectivity index (χ1) is 10.8. The average Bonchev–Trinajstić information content (AvgIpc) is 2.96. The van der Waals surface area contributed by atoms with Gasteiger partial charge < -0.3 is 5.11 Å². The molecule has 23 heavy (non-hydrogen) atoms. The van der Waals surface area contributed by atoms with Crippen molar-refractivity contribution < 1.29 is 18.3 Å². The normalized spacial score (nSPS) is 11.2. The maximum absolute atomic E-state index is 12.2. The summed E-state index contributed by atoms with van der Waals surface area (Å²) < 4.78 is 26.8. The minimum absolute atomic E-state index is 0.0399. The van der Waals surface area contributed by atoms with Crippen LogP contribution in [0.1, 0.15) is 18.4 Å². The zero-order valence-corrected chi connectivity index (χ0v) is 14.1. The molecule has 8 heteroatoms. The van der Waals surface area contributed by atoms with Crippen molar-refractivity contribution in [3.8, 4) is 10.6 Å². The maximum Gasteiger partial charge on any atom is 0.303 e. The van der Waals surface area contributed by atoms with E-state index >= 15 is 0 Å². The molecule has 6 nitrogen and oxygen atoms in total. The SMILES string of the molecule is C=C(CCC(=O)O)NS(=O)(=O)c1cnc(-c2ccc(C)cc2)s1. The quantitative estimate of drug-likeness (QED) is 0.799. The van der Waals surface area contributed by atoms with E-state index in [4.69, 9.17) is 5.11 Å². The van der Waals surface area contributed by atoms with E-state index in [2.05, 4.69) is 16.3 Å². The van der Waals surface area contributed by atoms with Gasteiger partial charge in [-0.25, -0.2) is 13.4 Å². The lowest BCUT2D eigenvalue weighted by molar-refractivity contribution is -0.136. The standard InChI is InChI=1S/C15H16N2O4S2/c1-10-3-6-12(7-4-10)15-16-9-14(22-15)23(20,21)17-11(2)5-8-13(18)19/h3-4,6-7,9,17H,2,5,8H2,1H3,(H,18,19). The Hall–Kier alpha value is -2.19. The van der Waals surface area contributed by atoms with Crippen LogP contribution in [0.25, 0.3) is 10.6 Å². The lowest BCUT2D eigenvalue weighted by Crippen LogP contribution is -2.22. The van der Waals surface area contributed by atoms with Gasteiger partial charge in [0.15, 0.2) is 4.21 Å². The fraction of sp³-hybridized carbons (Fsp3) is 0.200. The Morgan fingerprint density at radius 2 is 1.96 bits per heavy atom. The Kier molecular flexibility index (Phi) is 5.17. The number of carboxylic acid groups (broad SMARTS) is 1. The molecule has 0 aliphatic heterocycles. The summed E-state index contributed by atoms with van der Waals surface area (Å²) >= 11 is 1.05. The van der Waals surface area contributed by atoms with Gasteiger partial charge in [-0.3, -0.25) is 9.52 Å². The summed E-state index contributed by atoms with van der Waals surface area (Å²) in [6, 6.07) is 7.61. The topological polar surface area (TPSA) is 96.4 Å². The zero-order valence-electron chi connectivity index (χ0n) is 12.4. The molecule has 1 heterocycles. The molecule has 0 radical (unpaired) electrons. The summed E-state index contributed by atoms with van der Waals surface area (Å²) in [7, 11) is -3.79. The van der Waals surface area contributed by atoms with Crippen LogP contribution >= 0.6 is 11.3 Å². The number of aryl methyl sites for hydroxylation is 1. The Morgan fingerprint density at radius 3 is 2.57 bits per heavy atom.